The molecule has 18 heavy (non-hydrogen) atoms. The first-order valence-electron chi connectivity index (χ1n) is 6.71. The van der Waals surface area contributed by atoms with Gasteiger partial charge >= 0.3 is 0 Å². The van der Waals surface area contributed by atoms with Crippen LogP contribution in [0.5, 0.6) is 0 Å². The van der Waals surface area contributed by atoms with E-state index in [9.17, 15) is 4.79 Å². The average Bonchev–Trinajstić information content (AvgIpc) is 2.88. The van der Waals surface area contributed by atoms with Crippen LogP contribution in [0.4, 0.5) is 0 Å². The first kappa shape index (κ1) is 15.2. The Hall–Kier alpha value is -0.870. The number of thiophene rings is 1. The van der Waals surface area contributed by atoms with Gasteiger partial charge in [-0.15, -0.1) is 0 Å². The zero-order valence-electron chi connectivity index (χ0n) is 11.5. The third-order valence-electron chi connectivity index (χ3n) is 3.02. The fourth-order valence-corrected chi connectivity index (χ4v) is 2.56. The summed E-state index contributed by atoms with van der Waals surface area (Å²) in [4.78, 5) is 11.8. The lowest BCUT2D eigenvalue weighted by Crippen LogP contribution is -2.43. The number of amides is 1. The molecule has 0 spiro atoms. The summed E-state index contributed by atoms with van der Waals surface area (Å²) in [7, 11) is 0. The van der Waals surface area contributed by atoms with Gasteiger partial charge in [0.05, 0.1) is 6.04 Å². The highest BCUT2D eigenvalue weighted by Crippen LogP contribution is 2.15. The van der Waals surface area contributed by atoms with Gasteiger partial charge in [-0.2, -0.15) is 11.3 Å². The van der Waals surface area contributed by atoms with Gasteiger partial charge in [-0.1, -0.05) is 19.8 Å². The van der Waals surface area contributed by atoms with E-state index < -0.39 is 0 Å². The lowest BCUT2D eigenvalue weighted by molar-refractivity contribution is -0.122. The summed E-state index contributed by atoms with van der Waals surface area (Å²) in [6, 6.07) is 2.16. The normalized spacial score (nSPS) is 14.2. The minimum atomic E-state index is -0.151. The molecule has 1 aromatic heterocycles. The molecule has 3 nitrogen and oxygen atoms in total. The molecule has 0 saturated carbocycles. The van der Waals surface area contributed by atoms with Gasteiger partial charge in [0.25, 0.3) is 0 Å². The highest BCUT2D eigenvalue weighted by Gasteiger charge is 2.15. The number of hydrogen-bond donors (Lipinski definition) is 2. The second-order valence-electron chi connectivity index (χ2n) is 4.66. The van der Waals surface area contributed by atoms with Crippen molar-refractivity contribution in [3.8, 4) is 0 Å². The van der Waals surface area contributed by atoms with Crippen molar-refractivity contribution in [3.63, 3.8) is 0 Å². The van der Waals surface area contributed by atoms with E-state index in [1.807, 2.05) is 6.92 Å². The van der Waals surface area contributed by atoms with Crippen molar-refractivity contribution >= 4 is 17.2 Å². The van der Waals surface area contributed by atoms with Crippen molar-refractivity contribution in [2.75, 3.05) is 6.54 Å². The molecule has 1 heterocycles. The van der Waals surface area contributed by atoms with E-state index in [0.717, 1.165) is 13.0 Å². The van der Waals surface area contributed by atoms with Gasteiger partial charge in [0.2, 0.25) is 5.91 Å². The summed E-state index contributed by atoms with van der Waals surface area (Å²) in [6.07, 6.45) is 3.42. The molecule has 0 fully saturated rings. The summed E-state index contributed by atoms with van der Waals surface area (Å²) in [5.74, 6) is 0.0909. The molecule has 0 aromatic carbocycles. The third-order valence-corrected chi connectivity index (χ3v) is 3.72. The van der Waals surface area contributed by atoms with Crippen molar-refractivity contribution in [2.45, 2.75) is 52.1 Å². The van der Waals surface area contributed by atoms with Gasteiger partial charge in [-0.3, -0.25) is 10.1 Å². The predicted octanol–water partition coefficient (Wildman–Crippen LogP) is 3.09. The molecule has 2 atom stereocenters. The second kappa shape index (κ2) is 8.27. The topological polar surface area (TPSA) is 41.1 Å². The lowest BCUT2D eigenvalue weighted by atomic mass is 10.1. The molecule has 1 amide bonds. The molecule has 0 aliphatic carbocycles. The molecule has 102 valence electrons. The highest BCUT2D eigenvalue weighted by molar-refractivity contribution is 7.07. The van der Waals surface area contributed by atoms with Crippen molar-refractivity contribution in [3.05, 3.63) is 22.4 Å². The number of carbonyl (C=O) groups is 1. The summed E-state index contributed by atoms with van der Waals surface area (Å²) < 4.78 is 0. The molecular formula is C14H24N2OS. The molecule has 0 bridgehead atoms. The lowest BCUT2D eigenvalue weighted by Gasteiger charge is -2.19. The van der Waals surface area contributed by atoms with E-state index in [0.29, 0.717) is 0 Å². The van der Waals surface area contributed by atoms with E-state index in [2.05, 4.69) is 41.3 Å². The Labute approximate surface area is 114 Å². The van der Waals surface area contributed by atoms with Crippen LogP contribution < -0.4 is 10.6 Å². The third kappa shape index (κ3) is 5.19. The van der Waals surface area contributed by atoms with E-state index in [-0.39, 0.29) is 18.0 Å². The van der Waals surface area contributed by atoms with Crippen LogP contribution in [-0.4, -0.2) is 18.5 Å². The van der Waals surface area contributed by atoms with Crippen LogP contribution in [0.15, 0.2) is 16.8 Å². The van der Waals surface area contributed by atoms with Gasteiger partial charge < -0.3 is 5.32 Å². The Morgan fingerprint density at radius 2 is 2.17 bits per heavy atom. The van der Waals surface area contributed by atoms with Crippen molar-refractivity contribution in [1.29, 1.82) is 0 Å². The highest BCUT2D eigenvalue weighted by atomic mass is 32.1. The SMILES string of the molecule is CCCCCNC(=O)C(C)NC(C)c1ccsc1. The van der Waals surface area contributed by atoms with Crippen molar-refractivity contribution in [1.82, 2.24) is 10.6 Å². The van der Waals surface area contributed by atoms with Crippen LogP contribution in [0, 0.1) is 0 Å². The smallest absolute Gasteiger partial charge is 0.236 e. The zero-order chi connectivity index (χ0) is 13.4. The summed E-state index contributed by atoms with van der Waals surface area (Å²) in [5, 5.41) is 10.5. The van der Waals surface area contributed by atoms with Crippen LogP contribution in [0.2, 0.25) is 0 Å². The second-order valence-corrected chi connectivity index (χ2v) is 5.44. The van der Waals surface area contributed by atoms with Crippen LogP contribution in [0.25, 0.3) is 0 Å². The standard InChI is InChI=1S/C14H24N2OS/c1-4-5-6-8-15-14(17)12(3)16-11(2)13-7-9-18-10-13/h7,9-12,16H,4-6,8H2,1-3H3,(H,15,17). The number of hydrogen-bond acceptors (Lipinski definition) is 3. The minimum Gasteiger partial charge on any atom is -0.355 e. The predicted molar refractivity (Wildman–Crippen MR) is 77.9 cm³/mol. The first-order chi connectivity index (χ1) is 8.65. The van der Waals surface area contributed by atoms with Gasteiger partial charge in [0.1, 0.15) is 0 Å². The Morgan fingerprint density at radius 3 is 2.78 bits per heavy atom. The van der Waals surface area contributed by atoms with E-state index in [4.69, 9.17) is 0 Å². The maximum Gasteiger partial charge on any atom is 0.236 e. The fourth-order valence-electron chi connectivity index (χ4n) is 1.81. The average molecular weight is 268 g/mol. The number of carbonyl (C=O) groups excluding carboxylic acids is 1. The number of rotatable bonds is 8. The Kier molecular flexibility index (Phi) is 6.98. The van der Waals surface area contributed by atoms with Gasteiger partial charge in [0.15, 0.2) is 0 Å². The Balaban J connectivity index is 2.27. The fraction of sp³-hybridized carbons (Fsp3) is 0.643. The monoisotopic (exact) mass is 268 g/mol. The summed E-state index contributed by atoms with van der Waals surface area (Å²) in [5.41, 5.74) is 1.24. The number of nitrogens with one attached hydrogen (secondary N) is 2. The molecule has 1 aromatic rings. The molecule has 1 rings (SSSR count). The Bertz CT molecular complexity index is 338. The van der Waals surface area contributed by atoms with E-state index in [1.165, 1.54) is 18.4 Å². The summed E-state index contributed by atoms with van der Waals surface area (Å²) in [6.45, 7) is 6.95. The van der Waals surface area contributed by atoms with Crippen molar-refractivity contribution < 1.29 is 4.79 Å². The Morgan fingerprint density at radius 1 is 1.39 bits per heavy atom. The maximum atomic E-state index is 11.8. The van der Waals surface area contributed by atoms with Crippen LogP contribution in [0.3, 0.4) is 0 Å². The molecule has 2 N–H and O–H groups in total. The minimum absolute atomic E-state index is 0.0909. The van der Waals surface area contributed by atoms with Crippen molar-refractivity contribution in [2.24, 2.45) is 0 Å². The first-order valence-corrected chi connectivity index (χ1v) is 7.65. The van der Waals surface area contributed by atoms with Crippen LogP contribution in [-0.2, 0) is 4.79 Å². The molecule has 0 saturated heterocycles. The molecular weight excluding hydrogens is 244 g/mol. The largest absolute Gasteiger partial charge is 0.355 e. The van der Waals surface area contributed by atoms with Crippen LogP contribution >= 0.6 is 11.3 Å². The quantitative estimate of drug-likeness (QED) is 0.711. The summed E-state index contributed by atoms with van der Waals surface area (Å²) >= 11 is 1.68. The van der Waals surface area contributed by atoms with E-state index >= 15 is 0 Å². The molecule has 0 radical (unpaired) electrons. The zero-order valence-corrected chi connectivity index (χ0v) is 12.3. The van der Waals surface area contributed by atoms with Gasteiger partial charge in [-0.25, -0.2) is 0 Å². The molecule has 0 aliphatic rings. The molecule has 0 aliphatic heterocycles. The van der Waals surface area contributed by atoms with Crippen LogP contribution in [0.1, 0.15) is 51.6 Å². The van der Waals surface area contributed by atoms with E-state index in [1.54, 1.807) is 11.3 Å². The molecule has 2 unspecified atom stereocenters. The van der Waals surface area contributed by atoms with Gasteiger partial charge in [0, 0.05) is 12.6 Å². The number of unbranched alkanes of at least 4 members (excludes halogenated alkanes) is 2. The maximum absolute atomic E-state index is 11.8. The molecule has 4 heteroatoms. The van der Waals surface area contributed by atoms with Gasteiger partial charge in [-0.05, 0) is 42.7 Å².